The molecule has 2 aromatic carbocycles. The number of amides is 1. The van der Waals surface area contributed by atoms with Gasteiger partial charge in [-0.15, -0.1) is 0 Å². The molecular weight excluding hydrogens is 268 g/mol. The van der Waals surface area contributed by atoms with Gasteiger partial charge < -0.3 is 15.8 Å². The first-order valence-corrected chi connectivity index (χ1v) is 6.37. The third-order valence-corrected chi connectivity index (χ3v) is 3.06. The van der Waals surface area contributed by atoms with Crippen LogP contribution < -0.4 is 15.8 Å². The van der Waals surface area contributed by atoms with Gasteiger partial charge in [-0.3, -0.25) is 9.59 Å². The van der Waals surface area contributed by atoms with Gasteiger partial charge in [-0.05, 0) is 31.2 Å². The van der Waals surface area contributed by atoms with Crippen LogP contribution in [0.1, 0.15) is 27.6 Å². The first-order valence-electron chi connectivity index (χ1n) is 6.37. The molecule has 0 saturated heterocycles. The van der Waals surface area contributed by atoms with E-state index in [9.17, 15) is 9.59 Å². The number of rotatable bonds is 4. The Hall–Kier alpha value is -2.82. The van der Waals surface area contributed by atoms with Crippen molar-refractivity contribution in [1.82, 2.24) is 0 Å². The molecule has 0 aliphatic heterocycles. The monoisotopic (exact) mass is 284 g/mol. The molecular formula is C16H16N2O3. The summed E-state index contributed by atoms with van der Waals surface area (Å²) in [4.78, 5) is 23.6. The van der Waals surface area contributed by atoms with Gasteiger partial charge in [-0.1, -0.05) is 18.2 Å². The van der Waals surface area contributed by atoms with Crippen molar-refractivity contribution in [3.8, 4) is 5.75 Å². The lowest BCUT2D eigenvalue weighted by atomic mass is 10.1. The van der Waals surface area contributed by atoms with Crippen LogP contribution >= 0.6 is 0 Å². The number of anilines is 2. The number of ether oxygens (including phenoxy) is 1. The van der Waals surface area contributed by atoms with Crippen LogP contribution in [0.5, 0.6) is 5.75 Å². The van der Waals surface area contributed by atoms with E-state index in [1.807, 2.05) is 0 Å². The van der Waals surface area contributed by atoms with Crippen LogP contribution in [0.15, 0.2) is 42.5 Å². The smallest absolute Gasteiger partial charge is 0.257 e. The predicted molar refractivity (Wildman–Crippen MR) is 81.8 cm³/mol. The number of ketones is 1. The van der Waals surface area contributed by atoms with Crippen molar-refractivity contribution in [2.75, 3.05) is 18.2 Å². The average molecular weight is 284 g/mol. The Morgan fingerprint density at radius 3 is 2.52 bits per heavy atom. The Bertz CT molecular complexity index is 696. The van der Waals surface area contributed by atoms with E-state index in [1.165, 1.54) is 14.0 Å². The number of hydrogen-bond donors (Lipinski definition) is 2. The number of hydrogen-bond acceptors (Lipinski definition) is 4. The van der Waals surface area contributed by atoms with Crippen molar-refractivity contribution in [3.63, 3.8) is 0 Å². The van der Waals surface area contributed by atoms with Crippen molar-refractivity contribution in [1.29, 1.82) is 0 Å². The van der Waals surface area contributed by atoms with Gasteiger partial charge in [0, 0.05) is 11.3 Å². The molecule has 0 radical (unpaired) electrons. The molecule has 5 heteroatoms. The maximum atomic E-state index is 12.3. The lowest BCUT2D eigenvalue weighted by Crippen LogP contribution is -2.14. The van der Waals surface area contributed by atoms with Crippen LogP contribution in [0.4, 0.5) is 11.4 Å². The van der Waals surface area contributed by atoms with Gasteiger partial charge >= 0.3 is 0 Å². The first kappa shape index (κ1) is 14.6. The number of nitrogens with one attached hydrogen (secondary N) is 1. The van der Waals surface area contributed by atoms with E-state index in [0.717, 1.165) is 0 Å². The van der Waals surface area contributed by atoms with E-state index in [1.54, 1.807) is 42.5 Å². The molecule has 2 aromatic rings. The lowest BCUT2D eigenvalue weighted by Gasteiger charge is -2.11. The van der Waals surface area contributed by atoms with E-state index in [-0.39, 0.29) is 17.4 Å². The summed E-state index contributed by atoms with van der Waals surface area (Å²) < 4.78 is 5.09. The Labute approximate surface area is 122 Å². The largest absolute Gasteiger partial charge is 0.495 e. The number of para-hydroxylation sites is 1. The van der Waals surface area contributed by atoms with Crippen LogP contribution in [-0.4, -0.2) is 18.8 Å². The summed E-state index contributed by atoms with van der Waals surface area (Å²) in [5, 5.41) is 2.72. The molecule has 0 atom stereocenters. The highest BCUT2D eigenvalue weighted by molar-refractivity contribution is 6.09. The molecule has 2 rings (SSSR count). The van der Waals surface area contributed by atoms with Gasteiger partial charge in [0.15, 0.2) is 5.78 Å². The van der Waals surface area contributed by atoms with Gasteiger partial charge in [0.05, 0.1) is 18.4 Å². The number of benzene rings is 2. The average Bonchev–Trinajstić information content (AvgIpc) is 2.47. The first-order chi connectivity index (χ1) is 10.0. The summed E-state index contributed by atoms with van der Waals surface area (Å²) in [5.74, 6) is 0.0271. The van der Waals surface area contributed by atoms with E-state index in [0.29, 0.717) is 22.6 Å². The zero-order valence-corrected chi connectivity index (χ0v) is 11.8. The zero-order valence-electron chi connectivity index (χ0n) is 11.8. The third kappa shape index (κ3) is 3.20. The molecule has 0 spiro atoms. The van der Waals surface area contributed by atoms with Crippen molar-refractivity contribution >= 4 is 23.1 Å². The summed E-state index contributed by atoms with van der Waals surface area (Å²) >= 11 is 0. The van der Waals surface area contributed by atoms with Crippen molar-refractivity contribution in [2.24, 2.45) is 0 Å². The summed E-state index contributed by atoms with van der Waals surface area (Å²) in [6, 6.07) is 11.7. The van der Waals surface area contributed by atoms with Gasteiger partial charge in [-0.25, -0.2) is 0 Å². The van der Waals surface area contributed by atoms with Gasteiger partial charge in [0.1, 0.15) is 5.75 Å². The van der Waals surface area contributed by atoms with Crippen LogP contribution in [0.2, 0.25) is 0 Å². The van der Waals surface area contributed by atoms with E-state index in [4.69, 9.17) is 10.5 Å². The fraction of sp³-hybridized carbons (Fsp3) is 0.125. The highest BCUT2D eigenvalue weighted by Gasteiger charge is 2.13. The summed E-state index contributed by atoms with van der Waals surface area (Å²) in [5.41, 5.74) is 7.56. The predicted octanol–water partition coefficient (Wildman–Crippen LogP) is 2.73. The quantitative estimate of drug-likeness (QED) is 0.668. The minimum Gasteiger partial charge on any atom is -0.495 e. The second kappa shape index (κ2) is 6.09. The van der Waals surface area contributed by atoms with Crippen LogP contribution in [0, 0.1) is 0 Å². The van der Waals surface area contributed by atoms with Gasteiger partial charge in [-0.2, -0.15) is 0 Å². The highest BCUT2D eigenvalue weighted by Crippen LogP contribution is 2.25. The van der Waals surface area contributed by atoms with Gasteiger partial charge in [0.25, 0.3) is 5.91 Å². The normalized spacial score (nSPS) is 10.0. The van der Waals surface area contributed by atoms with E-state index in [2.05, 4.69) is 5.32 Å². The lowest BCUT2D eigenvalue weighted by molar-refractivity contribution is 0.101. The molecule has 21 heavy (non-hydrogen) atoms. The maximum Gasteiger partial charge on any atom is 0.257 e. The molecule has 0 saturated carbocycles. The van der Waals surface area contributed by atoms with E-state index >= 15 is 0 Å². The number of nitrogen functional groups attached to an aromatic ring is 1. The third-order valence-electron chi connectivity index (χ3n) is 3.06. The molecule has 0 aromatic heterocycles. The van der Waals surface area contributed by atoms with Gasteiger partial charge in [0.2, 0.25) is 0 Å². The van der Waals surface area contributed by atoms with Crippen LogP contribution in [-0.2, 0) is 0 Å². The number of carbonyl (C=O) groups excluding carboxylic acids is 2. The standard InChI is InChI=1S/C16H16N2O3/c1-10(19)11-5-3-6-12(9-11)18-16(20)13-7-4-8-14(21-2)15(13)17/h3-9H,17H2,1-2H3,(H,18,20). The molecule has 0 aliphatic rings. The Balaban J connectivity index is 2.26. The molecule has 0 unspecified atom stereocenters. The number of carbonyl (C=O) groups is 2. The van der Waals surface area contributed by atoms with Crippen molar-refractivity contribution in [3.05, 3.63) is 53.6 Å². The molecule has 1 amide bonds. The molecule has 5 nitrogen and oxygen atoms in total. The Morgan fingerprint density at radius 2 is 1.86 bits per heavy atom. The second-order valence-corrected chi connectivity index (χ2v) is 4.51. The summed E-state index contributed by atoms with van der Waals surface area (Å²) in [6.45, 7) is 1.47. The minimum atomic E-state index is -0.355. The summed E-state index contributed by atoms with van der Waals surface area (Å²) in [7, 11) is 1.49. The minimum absolute atomic E-state index is 0.0630. The zero-order chi connectivity index (χ0) is 15.4. The summed E-state index contributed by atoms with van der Waals surface area (Å²) in [6.07, 6.45) is 0. The molecule has 3 N–H and O–H groups in total. The Kier molecular flexibility index (Phi) is 4.23. The number of Topliss-reactive ketones (excluding diaryl/α,β-unsaturated/α-hetero) is 1. The molecule has 0 aliphatic carbocycles. The molecule has 0 fully saturated rings. The highest BCUT2D eigenvalue weighted by atomic mass is 16.5. The molecule has 108 valence electrons. The van der Waals surface area contributed by atoms with E-state index < -0.39 is 0 Å². The number of nitrogens with two attached hydrogens (primary N) is 1. The number of methoxy groups -OCH3 is 1. The molecule has 0 heterocycles. The second-order valence-electron chi connectivity index (χ2n) is 4.51. The van der Waals surface area contributed by atoms with Crippen LogP contribution in [0.25, 0.3) is 0 Å². The Morgan fingerprint density at radius 1 is 1.14 bits per heavy atom. The van der Waals surface area contributed by atoms with Crippen molar-refractivity contribution < 1.29 is 14.3 Å². The van der Waals surface area contributed by atoms with Crippen LogP contribution in [0.3, 0.4) is 0 Å². The fourth-order valence-corrected chi connectivity index (χ4v) is 1.93. The fourth-order valence-electron chi connectivity index (χ4n) is 1.93. The maximum absolute atomic E-state index is 12.3. The topological polar surface area (TPSA) is 81.4 Å². The SMILES string of the molecule is COc1cccc(C(=O)Nc2cccc(C(C)=O)c2)c1N. The van der Waals surface area contributed by atoms with Crippen molar-refractivity contribution in [2.45, 2.75) is 6.92 Å². The molecule has 0 bridgehead atoms.